The van der Waals surface area contributed by atoms with E-state index in [4.69, 9.17) is 24.3 Å². The van der Waals surface area contributed by atoms with Crippen molar-refractivity contribution in [1.29, 1.82) is 0 Å². The second-order valence-corrected chi connectivity index (χ2v) is 11.8. The average Bonchev–Trinajstić information content (AvgIpc) is 2.94. The maximum Gasteiger partial charge on any atom is 0.472 e. The van der Waals surface area contributed by atoms with Crippen molar-refractivity contribution in [3.05, 3.63) is 24.3 Å². The van der Waals surface area contributed by atoms with Crippen LogP contribution in [0.15, 0.2) is 24.3 Å². The van der Waals surface area contributed by atoms with E-state index in [1.165, 1.54) is 57.8 Å². The van der Waals surface area contributed by atoms with Gasteiger partial charge < -0.3 is 20.1 Å². The molecule has 0 radical (unpaired) electrons. The summed E-state index contributed by atoms with van der Waals surface area (Å²) in [6.07, 6.45) is 27.6. The van der Waals surface area contributed by atoms with Crippen LogP contribution in [0.2, 0.25) is 0 Å². The molecule has 0 heterocycles. The second-order valence-electron chi connectivity index (χ2n) is 10.3. The molecule has 40 heavy (non-hydrogen) atoms. The highest BCUT2D eigenvalue weighted by molar-refractivity contribution is 7.47. The topological polar surface area (TPSA) is 117 Å². The highest BCUT2D eigenvalue weighted by atomic mass is 31.2. The van der Waals surface area contributed by atoms with Crippen LogP contribution in [0.1, 0.15) is 129 Å². The van der Waals surface area contributed by atoms with Crippen molar-refractivity contribution in [2.75, 3.05) is 33.0 Å². The fourth-order valence-corrected chi connectivity index (χ4v) is 4.76. The third-order valence-electron chi connectivity index (χ3n) is 6.30. The van der Waals surface area contributed by atoms with Gasteiger partial charge in [-0.3, -0.25) is 13.8 Å². The van der Waals surface area contributed by atoms with E-state index in [0.29, 0.717) is 13.0 Å². The summed E-state index contributed by atoms with van der Waals surface area (Å²) in [5.41, 5.74) is 5.32. The smallest absolute Gasteiger partial charge is 0.457 e. The summed E-state index contributed by atoms with van der Waals surface area (Å²) in [5, 5.41) is 0. The Morgan fingerprint density at radius 3 is 1.82 bits per heavy atom. The van der Waals surface area contributed by atoms with Gasteiger partial charge in [-0.2, -0.15) is 0 Å². The number of phosphoric acid groups is 1. The van der Waals surface area contributed by atoms with Gasteiger partial charge in [-0.05, 0) is 51.4 Å². The number of unbranched alkanes of at least 4 members (excludes halogenated alkanes) is 13. The summed E-state index contributed by atoms with van der Waals surface area (Å²) in [7, 11) is -4.26. The van der Waals surface area contributed by atoms with Gasteiger partial charge in [-0.25, -0.2) is 4.57 Å². The van der Waals surface area contributed by atoms with Crippen LogP contribution in [-0.4, -0.2) is 49.9 Å². The molecule has 0 fully saturated rings. The molecule has 0 bridgehead atoms. The molecule has 2 unspecified atom stereocenters. The first-order valence-electron chi connectivity index (χ1n) is 15.8. The Balaban J connectivity index is 4.19. The minimum absolute atomic E-state index is 0.0979. The highest BCUT2D eigenvalue weighted by Gasteiger charge is 2.25. The first kappa shape index (κ1) is 39.0. The van der Waals surface area contributed by atoms with Crippen molar-refractivity contribution in [3.63, 3.8) is 0 Å². The third-order valence-corrected chi connectivity index (χ3v) is 7.29. The minimum Gasteiger partial charge on any atom is -0.457 e. The molecule has 236 valence electrons. The summed E-state index contributed by atoms with van der Waals surface area (Å²) < 4.78 is 33.0. The van der Waals surface area contributed by atoms with E-state index >= 15 is 0 Å². The number of hydrogen-bond acceptors (Lipinski definition) is 7. The Morgan fingerprint density at radius 2 is 1.25 bits per heavy atom. The summed E-state index contributed by atoms with van der Waals surface area (Å²) in [6, 6.07) is 0. The maximum atomic E-state index is 12.4. The molecule has 0 aromatic heterocycles. The predicted molar refractivity (Wildman–Crippen MR) is 164 cm³/mol. The molecule has 0 amide bonds. The van der Waals surface area contributed by atoms with Crippen molar-refractivity contribution in [1.82, 2.24) is 0 Å². The minimum atomic E-state index is -4.26. The molecule has 3 N–H and O–H groups in total. The number of allylic oxidation sites excluding steroid dienone is 4. The lowest BCUT2D eigenvalue weighted by Crippen LogP contribution is -2.28. The molecule has 0 aromatic carbocycles. The van der Waals surface area contributed by atoms with Gasteiger partial charge >= 0.3 is 13.8 Å². The molecule has 0 saturated heterocycles. The van der Waals surface area contributed by atoms with Gasteiger partial charge in [0.25, 0.3) is 0 Å². The number of rotatable bonds is 30. The molecular formula is C31H60NO7P. The lowest BCUT2D eigenvalue weighted by Gasteiger charge is -2.20. The molecule has 0 aliphatic rings. The summed E-state index contributed by atoms with van der Waals surface area (Å²) in [4.78, 5) is 22.2. The van der Waals surface area contributed by atoms with Gasteiger partial charge in [0, 0.05) is 19.6 Å². The van der Waals surface area contributed by atoms with E-state index in [9.17, 15) is 14.3 Å². The van der Waals surface area contributed by atoms with Crippen LogP contribution >= 0.6 is 7.82 Å². The number of esters is 1. The largest absolute Gasteiger partial charge is 0.472 e. The zero-order valence-corrected chi connectivity index (χ0v) is 26.5. The van der Waals surface area contributed by atoms with Crippen LogP contribution < -0.4 is 5.73 Å². The normalized spacial score (nSPS) is 14.2. The first-order valence-corrected chi connectivity index (χ1v) is 17.3. The molecule has 8 nitrogen and oxygen atoms in total. The zero-order chi connectivity index (χ0) is 29.6. The van der Waals surface area contributed by atoms with Gasteiger partial charge in [0.1, 0.15) is 6.10 Å². The highest BCUT2D eigenvalue weighted by Crippen LogP contribution is 2.43. The molecule has 0 aromatic rings. The van der Waals surface area contributed by atoms with Crippen molar-refractivity contribution < 1.29 is 32.8 Å². The molecule has 0 aliphatic heterocycles. The third kappa shape index (κ3) is 28.5. The Morgan fingerprint density at radius 1 is 0.725 bits per heavy atom. The monoisotopic (exact) mass is 589 g/mol. The Kier molecular flexibility index (Phi) is 28.7. The van der Waals surface area contributed by atoms with E-state index in [0.717, 1.165) is 51.4 Å². The predicted octanol–water partition coefficient (Wildman–Crippen LogP) is 8.18. The van der Waals surface area contributed by atoms with Crippen LogP contribution in [-0.2, 0) is 27.9 Å². The summed E-state index contributed by atoms with van der Waals surface area (Å²) >= 11 is 0. The lowest BCUT2D eigenvalue weighted by atomic mass is 10.1. The van der Waals surface area contributed by atoms with Gasteiger partial charge in [0.05, 0.1) is 19.8 Å². The van der Waals surface area contributed by atoms with Crippen LogP contribution in [0.3, 0.4) is 0 Å². The van der Waals surface area contributed by atoms with Crippen LogP contribution in [0.4, 0.5) is 0 Å². The van der Waals surface area contributed by atoms with Gasteiger partial charge in [0.2, 0.25) is 0 Å². The van der Waals surface area contributed by atoms with E-state index in [1.54, 1.807) is 0 Å². The van der Waals surface area contributed by atoms with Crippen molar-refractivity contribution in [2.24, 2.45) is 5.73 Å². The van der Waals surface area contributed by atoms with Crippen molar-refractivity contribution >= 4 is 13.8 Å². The number of phosphoric ester groups is 1. The van der Waals surface area contributed by atoms with Crippen molar-refractivity contribution in [3.8, 4) is 0 Å². The summed E-state index contributed by atoms with van der Waals surface area (Å²) in [5.74, 6) is -0.347. The number of nitrogens with two attached hydrogens (primary N) is 1. The average molecular weight is 590 g/mol. The van der Waals surface area contributed by atoms with E-state index in [1.807, 2.05) is 0 Å². The second kappa shape index (κ2) is 29.5. The van der Waals surface area contributed by atoms with Crippen LogP contribution in [0, 0.1) is 0 Å². The SMILES string of the molecule is CCC/C=C\CCCCCCCCOCC(COP(=O)(O)OCCN)OC(=O)CCCCCCC/C=C\CCC. The number of ether oxygens (including phenoxy) is 2. The molecule has 2 atom stereocenters. The molecule has 0 spiro atoms. The Labute approximate surface area is 245 Å². The number of carbonyl (C=O) groups is 1. The van der Waals surface area contributed by atoms with Crippen molar-refractivity contribution in [2.45, 2.75) is 136 Å². The Hall–Kier alpha value is -1.02. The molecule has 0 aliphatic carbocycles. The van der Waals surface area contributed by atoms with Gasteiger partial charge in [-0.15, -0.1) is 0 Å². The Bertz CT molecular complexity index is 672. The quantitative estimate of drug-likeness (QED) is 0.0373. The van der Waals surface area contributed by atoms with Gasteiger partial charge in [-0.1, -0.05) is 95.9 Å². The molecule has 9 heteroatoms. The fraction of sp³-hybridized carbons (Fsp3) is 0.839. The number of carbonyl (C=O) groups excluding carboxylic acids is 1. The van der Waals surface area contributed by atoms with E-state index in [2.05, 4.69) is 38.2 Å². The van der Waals surface area contributed by atoms with Crippen LogP contribution in [0.25, 0.3) is 0 Å². The fourth-order valence-electron chi connectivity index (χ4n) is 4.00. The summed E-state index contributed by atoms with van der Waals surface area (Å²) in [6.45, 7) is 4.75. The van der Waals surface area contributed by atoms with Gasteiger partial charge in [0.15, 0.2) is 0 Å². The lowest BCUT2D eigenvalue weighted by molar-refractivity contribution is -0.154. The standard InChI is InChI=1S/C31H60NO7P/c1-3-5-7-9-11-13-15-17-19-21-23-26-36-28-30(29-38-40(34,35)37-27-25-32)39-31(33)24-22-20-18-16-14-12-10-8-6-4-2/h7-10,30H,3-6,11-29,32H2,1-2H3,(H,34,35)/b9-7-,10-8-. The molecule has 0 rings (SSSR count). The van der Waals surface area contributed by atoms with Crippen LogP contribution in [0.5, 0.6) is 0 Å². The molecular weight excluding hydrogens is 529 g/mol. The number of hydrogen-bond donors (Lipinski definition) is 2. The molecule has 0 saturated carbocycles. The first-order chi connectivity index (χ1) is 19.4. The van der Waals surface area contributed by atoms with E-state index in [-0.39, 0.29) is 32.3 Å². The van der Waals surface area contributed by atoms with E-state index < -0.39 is 13.9 Å². The maximum absolute atomic E-state index is 12.4. The zero-order valence-electron chi connectivity index (χ0n) is 25.6.